The summed E-state index contributed by atoms with van der Waals surface area (Å²) in [6.45, 7) is 1.67. The number of fused-ring (bicyclic) bond motifs is 1. The lowest BCUT2D eigenvalue weighted by Crippen LogP contribution is -2.53. The highest BCUT2D eigenvalue weighted by molar-refractivity contribution is 6.30. The number of nitrogens with one attached hydrogen (secondary N) is 1. The van der Waals surface area contributed by atoms with E-state index in [0.717, 1.165) is 34.5 Å². The number of nitrogens with zero attached hydrogens (tertiary/aromatic N) is 1. The Hall–Kier alpha value is -2.57. The van der Waals surface area contributed by atoms with Crippen molar-refractivity contribution in [2.45, 2.75) is 38.5 Å². The third kappa shape index (κ3) is 4.59. The van der Waals surface area contributed by atoms with Crippen LogP contribution in [0.4, 0.5) is 4.79 Å². The Morgan fingerprint density at radius 1 is 1.30 bits per heavy atom. The van der Waals surface area contributed by atoms with E-state index in [9.17, 15) is 9.59 Å². The second-order valence-electron chi connectivity index (χ2n) is 6.56. The molecule has 0 spiro atoms. The van der Waals surface area contributed by atoms with E-state index in [2.05, 4.69) is 5.32 Å². The average molecular weight is 388 g/mol. The minimum atomic E-state index is -0.903. The van der Waals surface area contributed by atoms with Gasteiger partial charge in [0.2, 0.25) is 0 Å². The molecule has 2 aromatic rings. The van der Waals surface area contributed by atoms with E-state index in [0.29, 0.717) is 5.02 Å². The first kappa shape index (κ1) is 19.2. The molecule has 3 rings (SSSR count). The number of urea groups is 1. The van der Waals surface area contributed by atoms with Gasteiger partial charge in [-0.1, -0.05) is 48.0 Å². The Kier molecular flexibility index (Phi) is 5.98. The SMILES string of the molecule is C[C@@H](C(=O)OCc1ccccc1)N(N)C(=O)N[C@@H]1CCc2cc(Cl)ccc21. The number of benzene rings is 2. The number of ether oxygens (including phenoxy) is 1. The Bertz CT molecular complexity index is 828. The lowest BCUT2D eigenvalue weighted by molar-refractivity contribution is -0.149. The highest BCUT2D eigenvalue weighted by Crippen LogP contribution is 2.32. The van der Waals surface area contributed by atoms with Crippen molar-refractivity contribution in [1.29, 1.82) is 0 Å². The number of hydrazine groups is 1. The molecule has 27 heavy (non-hydrogen) atoms. The number of hydrogen-bond donors (Lipinski definition) is 2. The minimum Gasteiger partial charge on any atom is -0.459 e. The molecule has 0 aromatic heterocycles. The van der Waals surface area contributed by atoms with Crippen molar-refractivity contribution in [2.75, 3.05) is 0 Å². The van der Waals surface area contributed by atoms with Crippen LogP contribution in [0.25, 0.3) is 0 Å². The van der Waals surface area contributed by atoms with Crippen molar-refractivity contribution >= 4 is 23.6 Å². The second-order valence-corrected chi connectivity index (χ2v) is 7.00. The van der Waals surface area contributed by atoms with Crippen LogP contribution in [0.5, 0.6) is 0 Å². The van der Waals surface area contributed by atoms with Gasteiger partial charge in [0.25, 0.3) is 0 Å². The zero-order chi connectivity index (χ0) is 19.4. The number of hydrogen-bond acceptors (Lipinski definition) is 4. The monoisotopic (exact) mass is 387 g/mol. The van der Waals surface area contributed by atoms with Crippen LogP contribution < -0.4 is 11.2 Å². The third-order valence-corrected chi connectivity index (χ3v) is 4.93. The first-order valence-electron chi connectivity index (χ1n) is 8.79. The number of esters is 1. The van der Waals surface area contributed by atoms with Gasteiger partial charge in [-0.05, 0) is 48.6 Å². The van der Waals surface area contributed by atoms with Crippen molar-refractivity contribution in [2.24, 2.45) is 5.84 Å². The highest BCUT2D eigenvalue weighted by atomic mass is 35.5. The molecule has 0 heterocycles. The number of amides is 2. The van der Waals surface area contributed by atoms with E-state index in [1.54, 1.807) is 6.07 Å². The largest absolute Gasteiger partial charge is 0.459 e. The Morgan fingerprint density at radius 2 is 2.04 bits per heavy atom. The standard InChI is InChI=1S/C20H22ClN3O3/c1-13(19(25)27-12-14-5-3-2-4-6-14)24(22)20(26)23-18-10-7-15-11-16(21)8-9-17(15)18/h2-6,8-9,11,13,18H,7,10,12,22H2,1H3,(H,23,26)/t13-,18+/m0/s1. The van der Waals surface area contributed by atoms with Gasteiger partial charge in [0.15, 0.2) is 0 Å². The zero-order valence-corrected chi connectivity index (χ0v) is 15.8. The summed E-state index contributed by atoms with van der Waals surface area (Å²) in [7, 11) is 0. The van der Waals surface area contributed by atoms with Gasteiger partial charge in [0.1, 0.15) is 12.6 Å². The molecule has 3 N–H and O–H groups in total. The molecular weight excluding hydrogens is 366 g/mol. The molecule has 6 nitrogen and oxygen atoms in total. The van der Waals surface area contributed by atoms with Gasteiger partial charge in [0.05, 0.1) is 6.04 Å². The molecule has 0 bridgehead atoms. The molecule has 7 heteroatoms. The lowest BCUT2D eigenvalue weighted by Gasteiger charge is -2.25. The normalized spacial score (nSPS) is 16.3. The number of rotatable bonds is 5. The fourth-order valence-electron chi connectivity index (χ4n) is 3.10. The smallest absolute Gasteiger partial charge is 0.332 e. The lowest BCUT2D eigenvalue weighted by atomic mass is 10.1. The van der Waals surface area contributed by atoms with Crippen molar-refractivity contribution in [1.82, 2.24) is 10.3 Å². The van der Waals surface area contributed by atoms with Crippen LogP contribution in [0.15, 0.2) is 48.5 Å². The van der Waals surface area contributed by atoms with Crippen molar-refractivity contribution in [3.05, 3.63) is 70.2 Å². The van der Waals surface area contributed by atoms with Gasteiger partial charge in [-0.25, -0.2) is 20.4 Å². The topological polar surface area (TPSA) is 84.7 Å². The molecule has 0 saturated heterocycles. The van der Waals surface area contributed by atoms with Gasteiger partial charge >= 0.3 is 12.0 Å². The van der Waals surface area contributed by atoms with Crippen LogP contribution in [0.2, 0.25) is 5.02 Å². The molecule has 1 aliphatic rings. The summed E-state index contributed by atoms with van der Waals surface area (Å²) in [5.41, 5.74) is 3.01. The third-order valence-electron chi connectivity index (χ3n) is 4.70. The highest BCUT2D eigenvalue weighted by Gasteiger charge is 2.29. The van der Waals surface area contributed by atoms with Crippen LogP contribution in [0, 0.1) is 0 Å². The predicted octanol–water partition coefficient (Wildman–Crippen LogP) is 3.34. The molecule has 0 fully saturated rings. The molecule has 0 saturated carbocycles. The molecule has 0 radical (unpaired) electrons. The molecule has 2 aromatic carbocycles. The van der Waals surface area contributed by atoms with E-state index in [1.165, 1.54) is 6.92 Å². The fraction of sp³-hybridized carbons (Fsp3) is 0.300. The van der Waals surface area contributed by atoms with Crippen LogP contribution in [-0.4, -0.2) is 23.1 Å². The summed E-state index contributed by atoms with van der Waals surface area (Å²) in [5.74, 6) is 5.29. The maximum atomic E-state index is 12.5. The van der Waals surface area contributed by atoms with Crippen LogP contribution >= 0.6 is 11.6 Å². The summed E-state index contributed by atoms with van der Waals surface area (Å²) in [6.07, 6.45) is 1.60. The summed E-state index contributed by atoms with van der Waals surface area (Å²) in [5, 5.41) is 4.43. The predicted molar refractivity (Wildman–Crippen MR) is 103 cm³/mol. The summed E-state index contributed by atoms with van der Waals surface area (Å²) < 4.78 is 5.25. The van der Waals surface area contributed by atoms with Crippen molar-refractivity contribution in [3.63, 3.8) is 0 Å². The number of carbonyl (C=O) groups is 2. The molecule has 2 atom stereocenters. The fourth-order valence-corrected chi connectivity index (χ4v) is 3.29. The van der Waals surface area contributed by atoms with Crippen molar-refractivity contribution in [3.8, 4) is 0 Å². The van der Waals surface area contributed by atoms with E-state index in [1.807, 2.05) is 42.5 Å². The number of nitrogens with two attached hydrogens (primary N) is 1. The number of halogens is 1. The van der Waals surface area contributed by atoms with Gasteiger partial charge in [-0.15, -0.1) is 0 Å². The second kappa shape index (κ2) is 8.41. The van der Waals surface area contributed by atoms with Crippen LogP contribution in [0.3, 0.4) is 0 Å². The molecule has 0 aliphatic heterocycles. The Balaban J connectivity index is 1.55. The Labute approximate surface area is 163 Å². The average Bonchev–Trinajstić information content (AvgIpc) is 3.07. The van der Waals surface area contributed by atoms with Gasteiger partial charge in [-0.2, -0.15) is 0 Å². The van der Waals surface area contributed by atoms with Gasteiger partial charge < -0.3 is 10.1 Å². The first-order chi connectivity index (χ1) is 13.0. The maximum absolute atomic E-state index is 12.5. The maximum Gasteiger partial charge on any atom is 0.332 e. The summed E-state index contributed by atoms with van der Waals surface area (Å²) >= 11 is 6.01. The van der Waals surface area contributed by atoms with Gasteiger partial charge in [-0.3, -0.25) is 0 Å². The summed E-state index contributed by atoms with van der Waals surface area (Å²) in [4.78, 5) is 24.6. The van der Waals surface area contributed by atoms with E-state index >= 15 is 0 Å². The van der Waals surface area contributed by atoms with E-state index in [-0.39, 0.29) is 12.6 Å². The molecular formula is C20H22ClN3O3. The minimum absolute atomic E-state index is 0.135. The molecule has 1 aliphatic carbocycles. The first-order valence-corrected chi connectivity index (χ1v) is 9.17. The molecule has 2 amide bonds. The van der Waals surface area contributed by atoms with E-state index < -0.39 is 18.0 Å². The zero-order valence-electron chi connectivity index (χ0n) is 15.0. The summed E-state index contributed by atoms with van der Waals surface area (Å²) in [6, 6.07) is 13.4. The Morgan fingerprint density at radius 3 is 2.78 bits per heavy atom. The quantitative estimate of drug-likeness (QED) is 0.356. The molecule has 142 valence electrons. The van der Waals surface area contributed by atoms with Crippen LogP contribution in [0.1, 0.15) is 36.1 Å². The number of carbonyl (C=O) groups excluding carboxylic acids is 2. The van der Waals surface area contributed by atoms with E-state index in [4.69, 9.17) is 22.2 Å². The van der Waals surface area contributed by atoms with Crippen LogP contribution in [-0.2, 0) is 22.6 Å². The molecule has 0 unspecified atom stereocenters. The van der Waals surface area contributed by atoms with Gasteiger partial charge in [0, 0.05) is 5.02 Å². The van der Waals surface area contributed by atoms with Crippen molar-refractivity contribution < 1.29 is 14.3 Å². The number of aryl methyl sites for hydroxylation is 1.